The lowest BCUT2D eigenvalue weighted by Gasteiger charge is -2.41. The first kappa shape index (κ1) is 59.2. The molecule has 1 heterocycles. The quantitative estimate of drug-likeness (QED) is 0.0437. The predicted octanol–water partition coefficient (Wildman–Crippen LogP) is -1.68. The lowest BCUT2D eigenvalue weighted by Crippen LogP contribution is -2.60. The zero-order valence-corrected chi connectivity index (χ0v) is 42.0. The zero-order valence-electron chi connectivity index (χ0n) is 42.0. The molecule has 21 heteroatoms. The van der Waals surface area contributed by atoms with E-state index in [-0.39, 0.29) is 80.5 Å². The van der Waals surface area contributed by atoms with Crippen molar-refractivity contribution < 1.29 is 48.6 Å². The Labute approximate surface area is 408 Å². The molecule has 21 nitrogen and oxygen atoms in total. The van der Waals surface area contributed by atoms with Crippen molar-refractivity contribution in [1.29, 1.82) is 0 Å². The monoisotopic (exact) mass is 978 g/mol. The number of carbonyl (C=O) groups excluding carboxylic acids is 8. The molecule has 3 rings (SSSR count). The van der Waals surface area contributed by atoms with Crippen molar-refractivity contribution >= 4 is 47.0 Å². The van der Waals surface area contributed by atoms with E-state index in [0.29, 0.717) is 31.2 Å². The van der Waals surface area contributed by atoms with E-state index in [1.54, 1.807) is 27.7 Å². The Kier molecular flexibility index (Phi) is 24.6. The minimum absolute atomic E-state index is 0.0429. The number of aliphatic hydroxyl groups excluding tert-OH is 2. The topological polar surface area (TPSA) is 371 Å². The summed E-state index contributed by atoms with van der Waals surface area (Å²) in [5.74, 6) is -3.95. The number of nitrogens with zero attached hydrogens (tertiary/aromatic N) is 1. The van der Waals surface area contributed by atoms with Gasteiger partial charge in [-0.25, -0.2) is 0 Å². The van der Waals surface area contributed by atoms with Crippen LogP contribution in [-0.2, 0) is 38.4 Å². The van der Waals surface area contributed by atoms with Crippen LogP contribution in [0.25, 0.3) is 0 Å². The third-order valence-corrected chi connectivity index (χ3v) is 14.5. The fraction of sp³-hybridized carbons (Fsp3) is 0.833. The van der Waals surface area contributed by atoms with E-state index >= 15 is 0 Å². The number of nitrogens with two attached hydrogens (primary N) is 5. The maximum atomic E-state index is 13.8. The molecule has 14 atom stereocenters. The van der Waals surface area contributed by atoms with Crippen LogP contribution >= 0.6 is 0 Å². The van der Waals surface area contributed by atoms with Gasteiger partial charge in [-0.05, 0) is 102 Å². The number of aliphatic hydroxyl groups is 2. The molecule has 8 unspecified atom stereocenters. The van der Waals surface area contributed by atoms with Crippen LogP contribution in [0, 0.1) is 35.5 Å². The SMILES string of the molecule is CC(C)C(=O)[C@H](CN)NC(=O)[C@@H](NC(=O)[C@H](CCN)NC(=O)CC(N)C1CCCC(C2CCCC(C(N)CC(=O)N3CCC[C@H]3C(=O)N[C@H](C(=O)N[C@@H](CCN)C(=O)C(C)C)C(C)O)C2)C1)C(C)O. The Bertz CT molecular complexity index is 1730. The van der Waals surface area contributed by atoms with Gasteiger partial charge in [-0.1, -0.05) is 53.4 Å². The van der Waals surface area contributed by atoms with E-state index in [1.165, 1.54) is 18.7 Å². The van der Waals surface area contributed by atoms with Gasteiger partial charge in [0.2, 0.25) is 35.4 Å². The van der Waals surface area contributed by atoms with Crippen molar-refractivity contribution in [2.24, 2.45) is 64.2 Å². The fourth-order valence-corrected chi connectivity index (χ4v) is 10.4. The zero-order chi connectivity index (χ0) is 51.7. The van der Waals surface area contributed by atoms with Crippen LogP contribution in [0.1, 0.15) is 131 Å². The van der Waals surface area contributed by atoms with E-state index in [4.69, 9.17) is 28.7 Å². The van der Waals surface area contributed by atoms with Crippen molar-refractivity contribution in [2.75, 3.05) is 26.2 Å². The Hall–Kier alpha value is -4.12. The summed E-state index contributed by atoms with van der Waals surface area (Å²) in [5, 5.41) is 33.9. The molecule has 1 saturated heterocycles. The van der Waals surface area contributed by atoms with Gasteiger partial charge in [0.15, 0.2) is 11.6 Å². The first-order chi connectivity index (χ1) is 32.5. The van der Waals surface area contributed by atoms with Gasteiger partial charge in [-0.15, -0.1) is 0 Å². The summed E-state index contributed by atoms with van der Waals surface area (Å²) in [6.45, 7) is 9.84. The van der Waals surface area contributed by atoms with E-state index in [2.05, 4.69) is 26.6 Å². The van der Waals surface area contributed by atoms with Gasteiger partial charge in [-0.2, -0.15) is 0 Å². The molecule has 3 aliphatic rings. The molecule has 17 N–H and O–H groups in total. The van der Waals surface area contributed by atoms with Crippen LogP contribution in [-0.4, -0.2) is 149 Å². The number of rotatable bonds is 27. The van der Waals surface area contributed by atoms with Crippen molar-refractivity contribution in [2.45, 2.75) is 192 Å². The van der Waals surface area contributed by atoms with Crippen molar-refractivity contribution in [3.05, 3.63) is 0 Å². The second-order valence-electron chi connectivity index (χ2n) is 20.6. The number of carbonyl (C=O) groups is 8. The number of likely N-dealkylation sites (tertiary alicyclic amines) is 1. The summed E-state index contributed by atoms with van der Waals surface area (Å²) in [4.78, 5) is 107. The van der Waals surface area contributed by atoms with Crippen LogP contribution in [0.2, 0.25) is 0 Å². The molecular formula is C48H87N11O10. The molecule has 0 aromatic carbocycles. The number of nitrogens with one attached hydrogen (secondary N) is 5. The molecule has 0 bridgehead atoms. The van der Waals surface area contributed by atoms with E-state index in [9.17, 15) is 48.6 Å². The third kappa shape index (κ3) is 17.6. The van der Waals surface area contributed by atoms with Gasteiger partial charge in [-0.3, -0.25) is 38.4 Å². The van der Waals surface area contributed by atoms with Crippen molar-refractivity contribution in [1.82, 2.24) is 31.5 Å². The maximum absolute atomic E-state index is 13.8. The largest absolute Gasteiger partial charge is 0.391 e. The van der Waals surface area contributed by atoms with Crippen LogP contribution in [0.5, 0.6) is 0 Å². The highest BCUT2D eigenvalue weighted by Crippen LogP contribution is 2.43. The summed E-state index contributed by atoms with van der Waals surface area (Å²) in [6, 6.07) is -7.54. The Balaban J connectivity index is 1.56. The summed E-state index contributed by atoms with van der Waals surface area (Å²) >= 11 is 0. The van der Waals surface area contributed by atoms with Crippen molar-refractivity contribution in [3.8, 4) is 0 Å². The molecule has 394 valence electrons. The fourth-order valence-electron chi connectivity index (χ4n) is 10.4. The highest BCUT2D eigenvalue weighted by Gasteiger charge is 2.41. The first-order valence-electron chi connectivity index (χ1n) is 25.4. The molecule has 1 aliphatic heterocycles. The highest BCUT2D eigenvalue weighted by molar-refractivity contribution is 5.96. The summed E-state index contributed by atoms with van der Waals surface area (Å²) in [5.41, 5.74) is 30.7. The van der Waals surface area contributed by atoms with Gasteiger partial charge in [0, 0.05) is 49.9 Å². The third-order valence-electron chi connectivity index (χ3n) is 14.5. The maximum Gasteiger partial charge on any atom is 0.245 e. The molecule has 0 radical (unpaired) electrons. The summed E-state index contributed by atoms with van der Waals surface area (Å²) < 4.78 is 0. The summed E-state index contributed by atoms with van der Waals surface area (Å²) in [6.07, 6.45) is 5.88. The molecule has 3 fully saturated rings. The molecule has 69 heavy (non-hydrogen) atoms. The first-order valence-corrected chi connectivity index (χ1v) is 25.4. The molecular weight excluding hydrogens is 891 g/mol. The summed E-state index contributed by atoms with van der Waals surface area (Å²) in [7, 11) is 0. The van der Waals surface area contributed by atoms with Crippen LogP contribution in [0.3, 0.4) is 0 Å². The Morgan fingerprint density at radius 1 is 0.565 bits per heavy atom. The highest BCUT2D eigenvalue weighted by atomic mass is 16.3. The second kappa shape index (κ2) is 28.7. The molecule has 2 saturated carbocycles. The molecule has 0 aromatic rings. The van der Waals surface area contributed by atoms with Crippen LogP contribution in [0.4, 0.5) is 0 Å². The lowest BCUT2D eigenvalue weighted by atomic mass is 9.66. The van der Waals surface area contributed by atoms with Crippen molar-refractivity contribution in [3.63, 3.8) is 0 Å². The molecule has 0 spiro atoms. The van der Waals surface area contributed by atoms with E-state index in [1.807, 2.05) is 0 Å². The van der Waals surface area contributed by atoms with E-state index in [0.717, 1.165) is 51.4 Å². The normalized spacial score (nSPS) is 24.7. The molecule has 2 aliphatic carbocycles. The van der Waals surface area contributed by atoms with Gasteiger partial charge >= 0.3 is 0 Å². The number of ketones is 2. The minimum atomic E-state index is -1.43. The van der Waals surface area contributed by atoms with E-state index < -0.39 is 96.0 Å². The molecule has 0 aromatic heterocycles. The number of amides is 6. The standard InChI is InChI=1S/C48H87N11O10/c1-25(2)43(64)35(15-17-49)55-47(68)42(28(6)61)58-46(67)38-14-9-19-59(38)40(63)23-34(53)32-13-8-11-30(21-32)29-10-7-12-31(20-29)33(52)22-39(62)54-36(16-18-50)45(66)57-41(27(5)60)48(69)56-37(24-51)44(65)26(3)4/h25-38,41-42,60-61H,7-24,49-53H2,1-6H3,(H,54,62)(H,55,68)(H,56,69)(H,57,66)(H,58,67)/t27?,28?,29?,30?,31?,32?,33?,34?,35-,36-,37-,38-,41-,42-/m0/s1. The number of Topliss-reactive ketones (excluding diaryl/α,β-unsaturated/α-hetero) is 2. The lowest BCUT2D eigenvalue weighted by molar-refractivity contribution is -0.141. The minimum Gasteiger partial charge on any atom is -0.391 e. The Morgan fingerprint density at radius 2 is 1.04 bits per heavy atom. The van der Waals surface area contributed by atoms with Gasteiger partial charge < -0.3 is 70.4 Å². The van der Waals surface area contributed by atoms with Gasteiger partial charge in [0.25, 0.3) is 0 Å². The second-order valence-corrected chi connectivity index (χ2v) is 20.6. The predicted molar refractivity (Wildman–Crippen MR) is 260 cm³/mol. The van der Waals surface area contributed by atoms with Gasteiger partial charge in [0.05, 0.1) is 24.3 Å². The van der Waals surface area contributed by atoms with Gasteiger partial charge in [0.1, 0.15) is 24.2 Å². The molecule has 6 amide bonds. The average Bonchev–Trinajstić information content (AvgIpc) is 3.81. The number of hydrogen-bond acceptors (Lipinski definition) is 15. The Morgan fingerprint density at radius 3 is 1.54 bits per heavy atom. The van der Waals surface area contributed by atoms with Crippen LogP contribution in [0.15, 0.2) is 0 Å². The van der Waals surface area contributed by atoms with Crippen LogP contribution < -0.4 is 55.3 Å². The number of hydrogen-bond donors (Lipinski definition) is 12. The smallest absolute Gasteiger partial charge is 0.245 e. The average molecular weight is 978 g/mol.